The molecule has 3 aromatic rings. The third kappa shape index (κ3) is 3.39. The van der Waals surface area contributed by atoms with E-state index in [1.54, 1.807) is 18.6 Å². The molecule has 0 bridgehead atoms. The Morgan fingerprint density at radius 1 is 1.15 bits per heavy atom. The molecule has 0 fully saturated rings. The summed E-state index contributed by atoms with van der Waals surface area (Å²) < 4.78 is 6.81. The summed E-state index contributed by atoms with van der Waals surface area (Å²) in [5, 5.41) is 6.47. The third-order valence-electron chi connectivity index (χ3n) is 4.33. The molecule has 4 rings (SSSR count). The van der Waals surface area contributed by atoms with Gasteiger partial charge in [0.05, 0.1) is 12.8 Å². The van der Waals surface area contributed by atoms with Gasteiger partial charge in [0.25, 0.3) is 11.5 Å². The van der Waals surface area contributed by atoms with Crippen molar-refractivity contribution < 1.29 is 9.73 Å². The zero-order valence-electron chi connectivity index (χ0n) is 15.1. The van der Waals surface area contributed by atoms with Gasteiger partial charge in [0, 0.05) is 17.3 Å². The number of ether oxygens (including phenoxy) is 1. The molecule has 1 aliphatic rings. The Kier molecular flexibility index (Phi) is 4.33. The van der Waals surface area contributed by atoms with E-state index in [1.165, 1.54) is 6.07 Å². The first-order valence-electron chi connectivity index (χ1n) is 8.61. The minimum atomic E-state index is -0.371. The third-order valence-corrected chi connectivity index (χ3v) is 4.33. The second kappa shape index (κ2) is 6.95. The number of nitrogens with zero attached hydrogens (tertiary/aromatic N) is 2. The van der Waals surface area contributed by atoms with E-state index in [1.807, 2.05) is 54.6 Å². The minimum absolute atomic E-state index is 0.116. The van der Waals surface area contributed by atoms with Crippen LogP contribution < -0.4 is 25.9 Å². The Morgan fingerprint density at radius 3 is 2.59 bits per heavy atom. The molecular formula is C20H20N5O2+. The molecule has 0 spiro atoms. The highest BCUT2D eigenvalue weighted by molar-refractivity contribution is 5.99. The monoisotopic (exact) mass is 362 g/mol. The molecule has 7 nitrogen and oxygen atoms in total. The molecule has 0 radical (unpaired) electrons. The summed E-state index contributed by atoms with van der Waals surface area (Å²) in [5.41, 5.74) is 2.38. The Labute approximate surface area is 156 Å². The maximum Gasteiger partial charge on any atom is 0.357 e. The molecule has 2 heterocycles. The number of aryl methyl sites for hydroxylation is 1. The largest absolute Gasteiger partial charge is 0.497 e. The van der Waals surface area contributed by atoms with Gasteiger partial charge >= 0.3 is 5.96 Å². The molecule has 1 aromatic heterocycles. The van der Waals surface area contributed by atoms with Crippen molar-refractivity contribution in [3.05, 3.63) is 82.3 Å². The van der Waals surface area contributed by atoms with Crippen molar-refractivity contribution in [3.8, 4) is 5.75 Å². The summed E-state index contributed by atoms with van der Waals surface area (Å²) in [5.74, 6) is 1.92. The number of rotatable bonds is 3. The number of benzene rings is 2. The number of nitrogens with one attached hydrogen (secondary N) is 3. The van der Waals surface area contributed by atoms with Gasteiger partial charge in [0.2, 0.25) is 0 Å². The SMILES string of the molecule is COc1ccc(NC2=[NH+][C@H](c3ccccc3)n3c(nc(C)cc3=O)N2)cc1. The first-order valence-corrected chi connectivity index (χ1v) is 8.61. The fraction of sp³-hybridized carbons (Fsp3) is 0.150. The average Bonchev–Trinajstić information content (AvgIpc) is 2.68. The van der Waals surface area contributed by atoms with Crippen molar-refractivity contribution in [2.75, 3.05) is 17.7 Å². The molecule has 27 heavy (non-hydrogen) atoms. The summed E-state index contributed by atoms with van der Waals surface area (Å²) in [6.07, 6.45) is -0.371. The van der Waals surface area contributed by atoms with Gasteiger partial charge < -0.3 is 4.74 Å². The van der Waals surface area contributed by atoms with Crippen LogP contribution in [-0.2, 0) is 0 Å². The van der Waals surface area contributed by atoms with E-state index < -0.39 is 0 Å². The van der Waals surface area contributed by atoms with Gasteiger partial charge in [-0.25, -0.2) is 20.2 Å². The standard InChI is InChI=1S/C20H19N5O2/c1-13-12-17(26)25-18(14-6-4-3-5-7-14)23-19(24-20(25)21-13)22-15-8-10-16(27-2)11-9-15/h3-12,18H,1-2H3,(H2,21,22,23,24)/p+1/t18-/m0/s1. The van der Waals surface area contributed by atoms with E-state index in [0.29, 0.717) is 17.6 Å². The minimum Gasteiger partial charge on any atom is -0.497 e. The highest BCUT2D eigenvalue weighted by Gasteiger charge is 2.28. The Hall–Kier alpha value is -3.61. The fourth-order valence-electron chi connectivity index (χ4n) is 3.05. The van der Waals surface area contributed by atoms with E-state index in [4.69, 9.17) is 4.74 Å². The number of methoxy groups -OCH3 is 1. The number of hydrogen-bond donors (Lipinski definition) is 3. The van der Waals surface area contributed by atoms with Crippen molar-refractivity contribution in [2.24, 2.45) is 0 Å². The lowest BCUT2D eigenvalue weighted by molar-refractivity contribution is -0.520. The van der Waals surface area contributed by atoms with Gasteiger partial charge in [-0.05, 0) is 31.2 Å². The van der Waals surface area contributed by atoms with Crippen LogP contribution in [-0.4, -0.2) is 22.6 Å². The number of anilines is 2. The molecule has 0 amide bonds. The van der Waals surface area contributed by atoms with Crippen LogP contribution in [0.25, 0.3) is 0 Å². The maximum atomic E-state index is 12.6. The normalized spacial score (nSPS) is 15.3. The molecule has 1 atom stereocenters. The summed E-state index contributed by atoms with van der Waals surface area (Å²) in [7, 11) is 1.63. The first kappa shape index (κ1) is 16.8. The van der Waals surface area contributed by atoms with E-state index in [2.05, 4.69) is 20.6 Å². The summed E-state index contributed by atoms with van der Waals surface area (Å²) in [6, 6.07) is 18.9. The zero-order chi connectivity index (χ0) is 18.8. The van der Waals surface area contributed by atoms with Crippen LogP contribution in [0.5, 0.6) is 5.75 Å². The molecule has 0 saturated carbocycles. The van der Waals surface area contributed by atoms with Crippen LogP contribution in [0, 0.1) is 6.92 Å². The molecule has 2 aromatic carbocycles. The van der Waals surface area contributed by atoms with E-state index in [9.17, 15) is 4.79 Å². The van der Waals surface area contributed by atoms with E-state index in [0.717, 1.165) is 17.0 Å². The van der Waals surface area contributed by atoms with Crippen LogP contribution in [0.3, 0.4) is 0 Å². The van der Waals surface area contributed by atoms with Crippen molar-refractivity contribution >= 4 is 17.6 Å². The lowest BCUT2D eigenvalue weighted by Crippen LogP contribution is -2.82. The summed E-state index contributed by atoms with van der Waals surface area (Å²) in [4.78, 5) is 20.5. The van der Waals surface area contributed by atoms with Crippen molar-refractivity contribution in [3.63, 3.8) is 0 Å². The molecule has 7 heteroatoms. The second-order valence-electron chi connectivity index (χ2n) is 6.24. The Morgan fingerprint density at radius 2 is 1.89 bits per heavy atom. The number of aromatic nitrogens is 2. The highest BCUT2D eigenvalue weighted by Crippen LogP contribution is 2.18. The van der Waals surface area contributed by atoms with Gasteiger partial charge in [-0.1, -0.05) is 30.3 Å². The molecule has 0 saturated heterocycles. The Balaban J connectivity index is 1.74. The van der Waals surface area contributed by atoms with Crippen LogP contribution in [0.2, 0.25) is 0 Å². The molecule has 0 unspecified atom stereocenters. The van der Waals surface area contributed by atoms with E-state index >= 15 is 0 Å². The quantitative estimate of drug-likeness (QED) is 0.650. The van der Waals surface area contributed by atoms with Crippen LogP contribution in [0.4, 0.5) is 11.6 Å². The van der Waals surface area contributed by atoms with Gasteiger partial charge in [-0.15, -0.1) is 0 Å². The van der Waals surface area contributed by atoms with Crippen LogP contribution >= 0.6 is 0 Å². The average molecular weight is 362 g/mol. The predicted octanol–water partition coefficient (Wildman–Crippen LogP) is 1.08. The smallest absolute Gasteiger partial charge is 0.357 e. The molecule has 1 aliphatic heterocycles. The lowest BCUT2D eigenvalue weighted by atomic mass is 10.1. The Bertz CT molecular complexity index is 1040. The van der Waals surface area contributed by atoms with Crippen molar-refractivity contribution in [1.82, 2.24) is 9.55 Å². The number of guanidine groups is 1. The molecular weight excluding hydrogens is 342 g/mol. The zero-order valence-corrected chi connectivity index (χ0v) is 15.1. The van der Waals surface area contributed by atoms with Crippen LogP contribution in [0.15, 0.2) is 65.5 Å². The molecule has 136 valence electrons. The topological polar surface area (TPSA) is 82.2 Å². The van der Waals surface area contributed by atoms with Crippen molar-refractivity contribution in [1.29, 1.82) is 0 Å². The second-order valence-corrected chi connectivity index (χ2v) is 6.24. The first-order chi connectivity index (χ1) is 13.1. The lowest BCUT2D eigenvalue weighted by Gasteiger charge is -2.23. The fourth-order valence-corrected chi connectivity index (χ4v) is 3.05. The van der Waals surface area contributed by atoms with Gasteiger partial charge in [0.1, 0.15) is 5.75 Å². The van der Waals surface area contributed by atoms with Gasteiger partial charge in [-0.2, -0.15) is 0 Å². The van der Waals surface area contributed by atoms with Crippen molar-refractivity contribution in [2.45, 2.75) is 13.1 Å². The number of fused-ring (bicyclic) bond motifs is 1. The summed E-state index contributed by atoms with van der Waals surface area (Å²) in [6.45, 7) is 1.81. The molecule has 3 N–H and O–H groups in total. The van der Waals surface area contributed by atoms with Crippen LogP contribution in [0.1, 0.15) is 17.4 Å². The summed E-state index contributed by atoms with van der Waals surface area (Å²) >= 11 is 0. The predicted molar refractivity (Wildman–Crippen MR) is 104 cm³/mol. The highest BCUT2D eigenvalue weighted by atomic mass is 16.5. The van der Waals surface area contributed by atoms with Gasteiger partial charge in [0.15, 0.2) is 6.17 Å². The maximum absolute atomic E-state index is 12.6. The van der Waals surface area contributed by atoms with E-state index in [-0.39, 0.29) is 11.7 Å². The number of hydrogen-bond acceptors (Lipinski definition) is 5. The van der Waals surface area contributed by atoms with Gasteiger partial charge in [-0.3, -0.25) is 9.79 Å². The molecule has 0 aliphatic carbocycles.